The molecule has 4 heteroatoms. The maximum Gasteiger partial charge on any atom is 0.384 e. The highest BCUT2D eigenvalue weighted by atomic mass is 16.6. The first kappa shape index (κ1) is 11.4. The largest absolute Gasteiger partial charge is 0.454 e. The molecule has 0 rings (SSSR count). The SMILES string of the molecule is C#CC(=O)C(=O)C(=O)OC(C)(C)C. The topological polar surface area (TPSA) is 60.4 Å². The van der Waals surface area contributed by atoms with E-state index in [0.29, 0.717) is 0 Å². The molecule has 0 aliphatic heterocycles. The number of hydrogen-bond donors (Lipinski definition) is 0. The van der Waals surface area contributed by atoms with Gasteiger partial charge in [-0.2, -0.15) is 0 Å². The van der Waals surface area contributed by atoms with Crippen molar-refractivity contribution in [1.82, 2.24) is 0 Å². The molecular weight excluding hydrogens is 172 g/mol. The van der Waals surface area contributed by atoms with Crippen LogP contribution in [-0.4, -0.2) is 23.1 Å². The molecule has 0 unspecified atom stereocenters. The maximum absolute atomic E-state index is 10.9. The molecule has 0 aliphatic carbocycles. The Bertz CT molecular complexity index is 288. The lowest BCUT2D eigenvalue weighted by molar-refractivity contribution is -0.163. The third-order valence-electron chi connectivity index (χ3n) is 0.922. The van der Waals surface area contributed by atoms with Crippen LogP contribution >= 0.6 is 0 Å². The van der Waals surface area contributed by atoms with Gasteiger partial charge in [0.15, 0.2) is 0 Å². The predicted molar refractivity (Wildman–Crippen MR) is 44.7 cm³/mol. The lowest BCUT2D eigenvalue weighted by Gasteiger charge is -2.17. The monoisotopic (exact) mass is 182 g/mol. The summed E-state index contributed by atoms with van der Waals surface area (Å²) in [5.41, 5.74) is -0.804. The van der Waals surface area contributed by atoms with Gasteiger partial charge >= 0.3 is 11.8 Å². The summed E-state index contributed by atoms with van der Waals surface area (Å²) in [5, 5.41) is 0. The summed E-state index contributed by atoms with van der Waals surface area (Å²) < 4.78 is 4.62. The highest BCUT2D eigenvalue weighted by Gasteiger charge is 2.27. The Morgan fingerprint density at radius 1 is 1.23 bits per heavy atom. The van der Waals surface area contributed by atoms with Crippen LogP contribution in [0.5, 0.6) is 0 Å². The number of ketones is 2. The van der Waals surface area contributed by atoms with E-state index in [1.165, 1.54) is 0 Å². The number of hydrogen-bond acceptors (Lipinski definition) is 4. The van der Waals surface area contributed by atoms with Gasteiger partial charge < -0.3 is 4.74 Å². The van der Waals surface area contributed by atoms with Gasteiger partial charge in [0.1, 0.15) is 5.60 Å². The van der Waals surface area contributed by atoms with E-state index < -0.39 is 23.1 Å². The van der Waals surface area contributed by atoms with Crippen LogP contribution in [0, 0.1) is 12.3 Å². The molecule has 0 aromatic heterocycles. The van der Waals surface area contributed by atoms with E-state index in [1.807, 2.05) is 0 Å². The average Bonchev–Trinajstić information content (AvgIpc) is 1.98. The van der Waals surface area contributed by atoms with E-state index in [0.717, 1.165) is 0 Å². The summed E-state index contributed by atoms with van der Waals surface area (Å²) in [5.74, 6) is -2.16. The third kappa shape index (κ3) is 4.06. The number of ether oxygens (including phenoxy) is 1. The minimum Gasteiger partial charge on any atom is -0.454 e. The molecule has 0 aromatic carbocycles. The Morgan fingerprint density at radius 3 is 2.00 bits per heavy atom. The minimum absolute atomic E-state index is 0.804. The van der Waals surface area contributed by atoms with Gasteiger partial charge in [0.25, 0.3) is 5.78 Å². The number of carbonyl (C=O) groups excluding carboxylic acids is 3. The fourth-order valence-electron chi connectivity index (χ4n) is 0.483. The van der Waals surface area contributed by atoms with E-state index >= 15 is 0 Å². The number of esters is 1. The first-order valence-electron chi connectivity index (χ1n) is 3.56. The molecule has 0 heterocycles. The molecule has 0 amide bonds. The van der Waals surface area contributed by atoms with E-state index in [9.17, 15) is 14.4 Å². The van der Waals surface area contributed by atoms with E-state index in [4.69, 9.17) is 0 Å². The van der Waals surface area contributed by atoms with Crippen LogP contribution in [0.3, 0.4) is 0 Å². The fraction of sp³-hybridized carbons (Fsp3) is 0.444. The van der Waals surface area contributed by atoms with Gasteiger partial charge in [-0.15, -0.1) is 6.42 Å². The standard InChI is InChI=1S/C9H10O4/c1-5-6(10)7(11)8(12)13-9(2,3)4/h1H,2-4H3. The summed E-state index contributed by atoms with van der Waals surface area (Å²) in [7, 11) is 0. The van der Waals surface area contributed by atoms with Gasteiger partial charge in [-0.25, -0.2) is 4.79 Å². The van der Waals surface area contributed by atoms with Crippen molar-refractivity contribution >= 4 is 17.5 Å². The molecular formula is C9H10O4. The quantitative estimate of drug-likeness (QED) is 0.200. The smallest absolute Gasteiger partial charge is 0.384 e. The number of carbonyl (C=O) groups is 3. The molecule has 0 spiro atoms. The molecule has 0 fully saturated rings. The molecule has 4 nitrogen and oxygen atoms in total. The zero-order chi connectivity index (χ0) is 10.6. The highest BCUT2D eigenvalue weighted by molar-refractivity contribution is 6.65. The summed E-state index contributed by atoms with van der Waals surface area (Å²) in [6, 6.07) is 0. The van der Waals surface area contributed by atoms with Gasteiger partial charge in [-0.3, -0.25) is 9.59 Å². The molecule has 0 N–H and O–H groups in total. The van der Waals surface area contributed by atoms with Crippen molar-refractivity contribution in [3.8, 4) is 12.3 Å². The lowest BCUT2D eigenvalue weighted by atomic mass is 10.2. The number of Topliss-reactive ketones (excluding diaryl/α,β-unsaturated/α-hetero) is 2. The van der Waals surface area contributed by atoms with Crippen LogP contribution in [0.2, 0.25) is 0 Å². The predicted octanol–water partition coefficient (Wildman–Crippen LogP) is 0.0995. The first-order chi connectivity index (χ1) is 5.78. The lowest BCUT2D eigenvalue weighted by Crippen LogP contribution is -2.32. The van der Waals surface area contributed by atoms with Crippen LogP contribution in [0.15, 0.2) is 0 Å². The molecule has 0 atom stereocenters. The zero-order valence-electron chi connectivity index (χ0n) is 7.71. The Kier molecular flexibility index (Phi) is 3.37. The van der Waals surface area contributed by atoms with Crippen LogP contribution < -0.4 is 0 Å². The number of rotatable bonds is 2. The molecule has 0 saturated heterocycles. The van der Waals surface area contributed by atoms with E-state index in [1.54, 1.807) is 26.7 Å². The molecule has 0 saturated carbocycles. The van der Waals surface area contributed by atoms with Crippen molar-refractivity contribution < 1.29 is 19.1 Å². The minimum atomic E-state index is -1.31. The zero-order valence-corrected chi connectivity index (χ0v) is 7.71. The van der Waals surface area contributed by atoms with Crippen molar-refractivity contribution in [2.75, 3.05) is 0 Å². The van der Waals surface area contributed by atoms with Crippen LogP contribution in [0.25, 0.3) is 0 Å². The summed E-state index contributed by atoms with van der Waals surface area (Å²) in [6.45, 7) is 4.75. The van der Waals surface area contributed by atoms with Gasteiger partial charge in [0.2, 0.25) is 0 Å². The van der Waals surface area contributed by atoms with Gasteiger partial charge in [-0.1, -0.05) is 0 Å². The van der Waals surface area contributed by atoms with Gasteiger partial charge in [0.05, 0.1) is 0 Å². The molecule has 0 bridgehead atoms. The molecule has 13 heavy (non-hydrogen) atoms. The van der Waals surface area contributed by atoms with Gasteiger partial charge in [-0.05, 0) is 26.7 Å². The molecule has 0 radical (unpaired) electrons. The Balaban J connectivity index is 4.41. The molecule has 70 valence electrons. The van der Waals surface area contributed by atoms with Crippen molar-refractivity contribution in [1.29, 1.82) is 0 Å². The van der Waals surface area contributed by atoms with Crippen molar-refractivity contribution in [2.24, 2.45) is 0 Å². The Hall–Kier alpha value is -1.63. The second-order valence-corrected chi connectivity index (χ2v) is 3.30. The van der Waals surface area contributed by atoms with E-state index in [-0.39, 0.29) is 0 Å². The van der Waals surface area contributed by atoms with Gasteiger partial charge in [0, 0.05) is 0 Å². The Labute approximate surface area is 76.3 Å². The fourth-order valence-corrected chi connectivity index (χ4v) is 0.483. The summed E-state index contributed by atoms with van der Waals surface area (Å²) in [6.07, 6.45) is 4.65. The molecule has 0 aromatic rings. The summed E-state index contributed by atoms with van der Waals surface area (Å²) >= 11 is 0. The number of terminal acetylenes is 1. The summed E-state index contributed by atoms with van der Waals surface area (Å²) in [4.78, 5) is 32.2. The second-order valence-electron chi connectivity index (χ2n) is 3.30. The normalized spacial score (nSPS) is 10.0. The van der Waals surface area contributed by atoms with Crippen LogP contribution in [0.1, 0.15) is 20.8 Å². The third-order valence-corrected chi connectivity index (χ3v) is 0.922. The Morgan fingerprint density at radius 2 is 1.69 bits per heavy atom. The van der Waals surface area contributed by atoms with Crippen molar-refractivity contribution in [3.63, 3.8) is 0 Å². The molecule has 0 aliphatic rings. The highest BCUT2D eigenvalue weighted by Crippen LogP contribution is 2.06. The van der Waals surface area contributed by atoms with Crippen molar-refractivity contribution in [3.05, 3.63) is 0 Å². The second kappa shape index (κ2) is 3.85. The first-order valence-corrected chi connectivity index (χ1v) is 3.56. The van der Waals surface area contributed by atoms with Crippen LogP contribution in [-0.2, 0) is 19.1 Å². The van der Waals surface area contributed by atoms with Crippen LogP contribution in [0.4, 0.5) is 0 Å². The van der Waals surface area contributed by atoms with E-state index in [2.05, 4.69) is 11.2 Å². The maximum atomic E-state index is 10.9. The average molecular weight is 182 g/mol. The van der Waals surface area contributed by atoms with Crippen molar-refractivity contribution in [2.45, 2.75) is 26.4 Å².